The zero-order valence-corrected chi connectivity index (χ0v) is 12.9. The lowest BCUT2D eigenvalue weighted by Crippen LogP contribution is -2.23. The number of ether oxygens (including phenoxy) is 1. The molecule has 0 bridgehead atoms. The van der Waals surface area contributed by atoms with Gasteiger partial charge in [-0.2, -0.15) is 0 Å². The van der Waals surface area contributed by atoms with Crippen LogP contribution in [0.15, 0.2) is 42.5 Å². The lowest BCUT2D eigenvalue weighted by molar-refractivity contribution is 0.0970. The molecule has 3 nitrogen and oxygen atoms in total. The Hall–Kier alpha value is -2.00. The van der Waals surface area contributed by atoms with Gasteiger partial charge in [0.2, 0.25) is 0 Å². The number of fused-ring (bicyclic) bond motifs is 1. The molecule has 3 heteroatoms. The summed E-state index contributed by atoms with van der Waals surface area (Å²) < 4.78 is 5.71. The van der Waals surface area contributed by atoms with Crippen molar-refractivity contribution in [1.82, 2.24) is 0 Å². The third kappa shape index (κ3) is 2.88. The first kappa shape index (κ1) is 14.0. The van der Waals surface area contributed by atoms with Gasteiger partial charge in [0.1, 0.15) is 0 Å². The van der Waals surface area contributed by atoms with Gasteiger partial charge in [-0.1, -0.05) is 30.3 Å². The van der Waals surface area contributed by atoms with Crippen molar-refractivity contribution in [1.29, 1.82) is 0 Å². The summed E-state index contributed by atoms with van der Waals surface area (Å²) in [6.07, 6.45) is 0. The van der Waals surface area contributed by atoms with E-state index in [4.69, 9.17) is 4.74 Å². The Morgan fingerprint density at radius 1 is 1.14 bits per heavy atom. The van der Waals surface area contributed by atoms with Crippen molar-refractivity contribution in [3.8, 4) is 0 Å². The number of hydrogen-bond donors (Lipinski definition) is 1. The molecule has 0 amide bonds. The fourth-order valence-electron chi connectivity index (χ4n) is 2.88. The minimum Gasteiger partial charge on any atom is -0.377 e. The smallest absolute Gasteiger partial charge is 0.0751 e. The van der Waals surface area contributed by atoms with Crippen molar-refractivity contribution in [2.24, 2.45) is 0 Å². The summed E-state index contributed by atoms with van der Waals surface area (Å²) >= 11 is 0. The van der Waals surface area contributed by atoms with Gasteiger partial charge in [-0.15, -0.1) is 0 Å². The van der Waals surface area contributed by atoms with Crippen LogP contribution < -0.4 is 10.2 Å². The van der Waals surface area contributed by atoms with E-state index >= 15 is 0 Å². The number of benzene rings is 2. The Morgan fingerprint density at radius 3 is 2.76 bits per heavy atom. The van der Waals surface area contributed by atoms with Gasteiger partial charge in [-0.25, -0.2) is 0 Å². The molecule has 110 valence electrons. The molecular formula is C18H22N2O. The van der Waals surface area contributed by atoms with E-state index in [-0.39, 0.29) is 6.04 Å². The highest BCUT2D eigenvalue weighted by atomic mass is 16.5. The monoisotopic (exact) mass is 282 g/mol. The van der Waals surface area contributed by atoms with E-state index in [2.05, 4.69) is 73.7 Å². The molecule has 1 unspecified atom stereocenters. The first-order chi connectivity index (χ1) is 10.1. The van der Waals surface area contributed by atoms with Crippen LogP contribution in [0.4, 0.5) is 11.4 Å². The van der Waals surface area contributed by atoms with Crippen LogP contribution in [-0.2, 0) is 11.3 Å². The molecule has 1 N–H and O–H groups in total. The summed E-state index contributed by atoms with van der Waals surface area (Å²) in [6, 6.07) is 15.2. The van der Waals surface area contributed by atoms with Crippen LogP contribution in [0.1, 0.15) is 22.7 Å². The molecule has 1 heterocycles. The SMILES string of the molecule is Cc1ccc(NC2COCc3ccccc32)cc1N(C)C. The van der Waals surface area contributed by atoms with Gasteiger partial charge < -0.3 is 15.0 Å². The quantitative estimate of drug-likeness (QED) is 0.928. The first-order valence-electron chi connectivity index (χ1n) is 7.35. The number of nitrogens with one attached hydrogen (secondary N) is 1. The van der Waals surface area contributed by atoms with E-state index in [0.717, 1.165) is 5.69 Å². The standard InChI is InChI=1S/C18H22N2O/c1-13-8-9-15(10-18(13)20(2)3)19-17-12-21-11-14-6-4-5-7-16(14)17/h4-10,17,19H,11-12H2,1-3H3. The zero-order chi connectivity index (χ0) is 14.8. The molecule has 0 fully saturated rings. The maximum absolute atomic E-state index is 5.71. The molecule has 1 atom stereocenters. The van der Waals surface area contributed by atoms with Crippen LogP contribution in [0.2, 0.25) is 0 Å². The van der Waals surface area contributed by atoms with E-state index in [1.165, 1.54) is 22.4 Å². The van der Waals surface area contributed by atoms with Crippen molar-refractivity contribution in [3.63, 3.8) is 0 Å². The molecule has 0 saturated heterocycles. The fourth-order valence-corrected chi connectivity index (χ4v) is 2.88. The lowest BCUT2D eigenvalue weighted by atomic mass is 9.99. The van der Waals surface area contributed by atoms with E-state index < -0.39 is 0 Å². The third-order valence-corrected chi connectivity index (χ3v) is 4.00. The molecule has 2 aromatic carbocycles. The summed E-state index contributed by atoms with van der Waals surface area (Å²) in [4.78, 5) is 2.14. The van der Waals surface area contributed by atoms with E-state index in [1.54, 1.807) is 0 Å². The van der Waals surface area contributed by atoms with Crippen LogP contribution in [-0.4, -0.2) is 20.7 Å². The number of rotatable bonds is 3. The van der Waals surface area contributed by atoms with Crippen LogP contribution in [0.3, 0.4) is 0 Å². The molecule has 2 aromatic rings. The molecule has 0 spiro atoms. The minimum absolute atomic E-state index is 0.215. The number of hydrogen-bond acceptors (Lipinski definition) is 3. The largest absolute Gasteiger partial charge is 0.377 e. The first-order valence-corrected chi connectivity index (χ1v) is 7.35. The fraction of sp³-hybridized carbons (Fsp3) is 0.333. The van der Waals surface area contributed by atoms with Gasteiger partial charge in [0, 0.05) is 25.5 Å². The van der Waals surface area contributed by atoms with Gasteiger partial charge in [0.25, 0.3) is 0 Å². The van der Waals surface area contributed by atoms with Crippen molar-refractivity contribution in [2.45, 2.75) is 19.6 Å². The molecule has 3 rings (SSSR count). The second-order valence-electron chi connectivity index (χ2n) is 5.81. The Kier molecular flexibility index (Phi) is 3.84. The zero-order valence-electron chi connectivity index (χ0n) is 12.9. The summed E-state index contributed by atoms with van der Waals surface area (Å²) in [5, 5.41) is 3.61. The predicted molar refractivity (Wildman–Crippen MR) is 88.0 cm³/mol. The van der Waals surface area contributed by atoms with Gasteiger partial charge in [0.05, 0.1) is 19.3 Å². The average Bonchev–Trinajstić information content (AvgIpc) is 2.49. The van der Waals surface area contributed by atoms with Gasteiger partial charge in [0.15, 0.2) is 0 Å². The topological polar surface area (TPSA) is 24.5 Å². The van der Waals surface area contributed by atoms with E-state index in [0.29, 0.717) is 13.2 Å². The number of nitrogens with zero attached hydrogens (tertiary/aromatic N) is 1. The van der Waals surface area contributed by atoms with Crippen molar-refractivity contribution >= 4 is 11.4 Å². The molecule has 1 aliphatic rings. The Bertz CT molecular complexity index is 637. The van der Waals surface area contributed by atoms with E-state index in [9.17, 15) is 0 Å². The second kappa shape index (κ2) is 5.78. The van der Waals surface area contributed by atoms with Crippen LogP contribution in [0.5, 0.6) is 0 Å². The summed E-state index contributed by atoms with van der Waals surface area (Å²) in [7, 11) is 4.15. The van der Waals surface area contributed by atoms with Crippen LogP contribution in [0, 0.1) is 6.92 Å². The molecule has 0 saturated carbocycles. The van der Waals surface area contributed by atoms with Crippen molar-refractivity contribution in [2.75, 3.05) is 30.9 Å². The number of anilines is 2. The molecule has 21 heavy (non-hydrogen) atoms. The van der Waals surface area contributed by atoms with Gasteiger partial charge in [-0.05, 0) is 35.7 Å². The normalized spacial score (nSPS) is 17.2. The summed E-state index contributed by atoms with van der Waals surface area (Å²) in [5.74, 6) is 0. The second-order valence-corrected chi connectivity index (χ2v) is 5.81. The number of aryl methyl sites for hydroxylation is 1. The maximum atomic E-state index is 5.71. The Balaban J connectivity index is 1.86. The molecule has 0 aromatic heterocycles. The Labute approximate surface area is 126 Å². The maximum Gasteiger partial charge on any atom is 0.0751 e. The third-order valence-electron chi connectivity index (χ3n) is 4.00. The highest BCUT2D eigenvalue weighted by Gasteiger charge is 2.20. The molecule has 0 aliphatic carbocycles. The highest BCUT2D eigenvalue weighted by Crippen LogP contribution is 2.30. The van der Waals surface area contributed by atoms with Crippen molar-refractivity contribution in [3.05, 3.63) is 59.2 Å². The average molecular weight is 282 g/mol. The highest BCUT2D eigenvalue weighted by molar-refractivity contribution is 5.62. The van der Waals surface area contributed by atoms with Gasteiger partial charge in [-0.3, -0.25) is 0 Å². The predicted octanol–water partition coefficient (Wildman–Crippen LogP) is 3.74. The lowest BCUT2D eigenvalue weighted by Gasteiger charge is -2.28. The van der Waals surface area contributed by atoms with Crippen molar-refractivity contribution < 1.29 is 4.74 Å². The molecule has 1 aliphatic heterocycles. The minimum atomic E-state index is 0.215. The summed E-state index contributed by atoms with van der Waals surface area (Å²) in [6.45, 7) is 3.56. The van der Waals surface area contributed by atoms with Crippen LogP contribution in [0.25, 0.3) is 0 Å². The molecular weight excluding hydrogens is 260 g/mol. The van der Waals surface area contributed by atoms with Gasteiger partial charge >= 0.3 is 0 Å². The van der Waals surface area contributed by atoms with Crippen LogP contribution >= 0.6 is 0 Å². The molecule has 0 radical (unpaired) electrons. The Morgan fingerprint density at radius 2 is 1.95 bits per heavy atom. The van der Waals surface area contributed by atoms with E-state index in [1.807, 2.05) is 0 Å². The summed E-state index contributed by atoms with van der Waals surface area (Å²) in [5.41, 5.74) is 6.28.